The molecule has 0 aliphatic heterocycles. The summed E-state index contributed by atoms with van der Waals surface area (Å²) < 4.78 is 1.52. The van der Waals surface area contributed by atoms with Crippen LogP contribution in [0.15, 0.2) is 23.1 Å². The van der Waals surface area contributed by atoms with Crippen LogP contribution in [0, 0.1) is 11.3 Å². The molecule has 1 heterocycles. The van der Waals surface area contributed by atoms with Crippen LogP contribution in [-0.2, 0) is 6.54 Å². The highest BCUT2D eigenvalue weighted by molar-refractivity contribution is 5.33. The van der Waals surface area contributed by atoms with Crippen LogP contribution < -0.4 is 11.3 Å². The highest BCUT2D eigenvalue weighted by Gasteiger charge is 1.97. The summed E-state index contributed by atoms with van der Waals surface area (Å²) in [5.41, 5.74) is 5.50. The SMILES string of the molecule is N#CCCCn1cccc(N)c1=O. The molecule has 1 rings (SSSR count). The minimum atomic E-state index is -0.180. The Morgan fingerprint density at radius 3 is 3.08 bits per heavy atom. The van der Waals surface area contributed by atoms with E-state index in [0.717, 1.165) is 0 Å². The molecule has 0 bridgehead atoms. The van der Waals surface area contributed by atoms with Gasteiger partial charge in [-0.2, -0.15) is 5.26 Å². The van der Waals surface area contributed by atoms with E-state index >= 15 is 0 Å². The van der Waals surface area contributed by atoms with E-state index in [2.05, 4.69) is 0 Å². The van der Waals surface area contributed by atoms with Crippen LogP contribution in [0.1, 0.15) is 12.8 Å². The fraction of sp³-hybridized carbons (Fsp3) is 0.333. The third-order valence-electron chi connectivity index (χ3n) is 1.74. The maximum atomic E-state index is 11.3. The fourth-order valence-electron chi connectivity index (χ4n) is 1.06. The number of nitrogens with two attached hydrogens (primary N) is 1. The van der Waals surface area contributed by atoms with Crippen LogP contribution in [-0.4, -0.2) is 4.57 Å². The Morgan fingerprint density at radius 2 is 2.38 bits per heavy atom. The third-order valence-corrected chi connectivity index (χ3v) is 1.74. The zero-order valence-corrected chi connectivity index (χ0v) is 7.23. The average Bonchev–Trinajstić information content (AvgIpc) is 2.13. The average molecular weight is 177 g/mol. The predicted octanol–water partition coefficient (Wildman–Crippen LogP) is 0.734. The molecule has 0 spiro atoms. The molecule has 1 aromatic rings. The molecular formula is C9H11N3O. The quantitative estimate of drug-likeness (QED) is 0.692. The summed E-state index contributed by atoms with van der Waals surface area (Å²) in [5, 5.41) is 8.31. The number of nitrogens with zero attached hydrogens (tertiary/aromatic N) is 2. The van der Waals surface area contributed by atoms with Crippen molar-refractivity contribution in [3.05, 3.63) is 28.7 Å². The lowest BCUT2D eigenvalue weighted by Gasteiger charge is -2.03. The number of rotatable bonds is 3. The Bertz CT molecular complexity index is 375. The minimum Gasteiger partial charge on any atom is -0.394 e. The lowest BCUT2D eigenvalue weighted by atomic mass is 10.3. The van der Waals surface area contributed by atoms with Crippen LogP contribution in [0.5, 0.6) is 0 Å². The first kappa shape index (κ1) is 9.33. The molecule has 0 aromatic carbocycles. The van der Waals surface area contributed by atoms with Gasteiger partial charge in [-0.15, -0.1) is 0 Å². The molecule has 0 amide bonds. The van der Waals surface area contributed by atoms with Gasteiger partial charge in [0.15, 0.2) is 0 Å². The molecule has 1 aromatic heterocycles. The van der Waals surface area contributed by atoms with Crippen LogP contribution >= 0.6 is 0 Å². The van der Waals surface area contributed by atoms with Gasteiger partial charge in [0, 0.05) is 19.2 Å². The molecule has 0 fully saturated rings. The molecule has 0 saturated carbocycles. The van der Waals surface area contributed by atoms with Crippen molar-refractivity contribution in [2.75, 3.05) is 5.73 Å². The molecule has 0 atom stereocenters. The zero-order chi connectivity index (χ0) is 9.68. The number of nitriles is 1. The van der Waals surface area contributed by atoms with Gasteiger partial charge in [0.1, 0.15) is 0 Å². The number of aryl methyl sites for hydroxylation is 1. The molecule has 68 valence electrons. The number of anilines is 1. The van der Waals surface area contributed by atoms with Crippen molar-refractivity contribution in [2.24, 2.45) is 0 Å². The van der Waals surface area contributed by atoms with E-state index < -0.39 is 0 Å². The Hall–Kier alpha value is -1.76. The van der Waals surface area contributed by atoms with Gasteiger partial charge in [-0.1, -0.05) is 0 Å². The third kappa shape index (κ3) is 2.34. The summed E-state index contributed by atoms with van der Waals surface area (Å²) in [6, 6.07) is 5.32. The van der Waals surface area contributed by atoms with Crippen molar-refractivity contribution >= 4 is 5.69 Å². The molecule has 0 saturated heterocycles. The van der Waals surface area contributed by atoms with Crippen LogP contribution in [0.25, 0.3) is 0 Å². The molecule has 4 nitrogen and oxygen atoms in total. The number of pyridine rings is 1. The van der Waals surface area contributed by atoms with Crippen LogP contribution in [0.3, 0.4) is 0 Å². The Morgan fingerprint density at radius 1 is 1.62 bits per heavy atom. The minimum absolute atomic E-state index is 0.180. The highest BCUT2D eigenvalue weighted by atomic mass is 16.1. The maximum Gasteiger partial charge on any atom is 0.273 e. The Balaban J connectivity index is 2.73. The normalized spacial score (nSPS) is 9.46. The number of unbranched alkanes of at least 4 members (excludes halogenated alkanes) is 1. The molecule has 0 unspecified atom stereocenters. The summed E-state index contributed by atoms with van der Waals surface area (Å²) in [5.74, 6) is 0. The monoisotopic (exact) mass is 177 g/mol. The molecule has 0 radical (unpaired) electrons. The maximum absolute atomic E-state index is 11.3. The molecular weight excluding hydrogens is 166 g/mol. The molecule has 13 heavy (non-hydrogen) atoms. The first-order valence-electron chi connectivity index (χ1n) is 4.07. The summed E-state index contributed by atoms with van der Waals surface area (Å²) in [7, 11) is 0. The van der Waals surface area contributed by atoms with Gasteiger partial charge < -0.3 is 10.3 Å². The van der Waals surface area contributed by atoms with Crippen molar-refractivity contribution < 1.29 is 0 Å². The second-order valence-corrected chi connectivity index (χ2v) is 2.72. The zero-order valence-electron chi connectivity index (χ0n) is 7.23. The van der Waals surface area contributed by atoms with Gasteiger partial charge in [-0.3, -0.25) is 4.79 Å². The van der Waals surface area contributed by atoms with E-state index in [1.165, 1.54) is 4.57 Å². The number of nitrogen functional groups attached to an aromatic ring is 1. The second kappa shape index (κ2) is 4.31. The number of aromatic nitrogens is 1. The van der Waals surface area contributed by atoms with E-state index in [0.29, 0.717) is 19.4 Å². The molecule has 0 aliphatic rings. The predicted molar refractivity (Wildman–Crippen MR) is 50.0 cm³/mol. The van der Waals surface area contributed by atoms with E-state index in [-0.39, 0.29) is 11.2 Å². The van der Waals surface area contributed by atoms with Gasteiger partial charge in [0.2, 0.25) is 0 Å². The molecule has 2 N–H and O–H groups in total. The standard InChI is InChI=1S/C9H11N3O/c10-5-1-2-6-12-7-3-4-8(11)9(12)13/h3-4,7H,1-2,6,11H2. The molecule has 0 aliphatic carbocycles. The van der Waals surface area contributed by atoms with Crippen molar-refractivity contribution in [3.63, 3.8) is 0 Å². The van der Waals surface area contributed by atoms with Gasteiger partial charge in [0.25, 0.3) is 5.56 Å². The van der Waals surface area contributed by atoms with Crippen molar-refractivity contribution in [1.29, 1.82) is 5.26 Å². The van der Waals surface area contributed by atoms with Gasteiger partial charge >= 0.3 is 0 Å². The summed E-state index contributed by atoms with van der Waals surface area (Å²) in [6.07, 6.45) is 2.82. The highest BCUT2D eigenvalue weighted by Crippen LogP contribution is 1.95. The Kier molecular flexibility index (Phi) is 3.09. The number of hydrogen-bond acceptors (Lipinski definition) is 3. The van der Waals surface area contributed by atoms with Gasteiger partial charge in [-0.25, -0.2) is 0 Å². The van der Waals surface area contributed by atoms with E-state index in [1.54, 1.807) is 18.3 Å². The van der Waals surface area contributed by atoms with Gasteiger partial charge in [-0.05, 0) is 18.6 Å². The summed E-state index contributed by atoms with van der Waals surface area (Å²) >= 11 is 0. The lowest BCUT2D eigenvalue weighted by molar-refractivity contribution is 0.633. The van der Waals surface area contributed by atoms with Crippen LogP contribution in [0.4, 0.5) is 5.69 Å². The lowest BCUT2D eigenvalue weighted by Crippen LogP contribution is -2.21. The second-order valence-electron chi connectivity index (χ2n) is 2.72. The first-order valence-corrected chi connectivity index (χ1v) is 4.07. The topological polar surface area (TPSA) is 71.8 Å². The smallest absolute Gasteiger partial charge is 0.273 e. The largest absolute Gasteiger partial charge is 0.394 e. The van der Waals surface area contributed by atoms with Crippen molar-refractivity contribution in [3.8, 4) is 6.07 Å². The first-order chi connectivity index (χ1) is 6.25. The van der Waals surface area contributed by atoms with E-state index in [1.807, 2.05) is 6.07 Å². The summed E-state index contributed by atoms with van der Waals surface area (Å²) in [6.45, 7) is 0.553. The number of hydrogen-bond donors (Lipinski definition) is 1. The van der Waals surface area contributed by atoms with Crippen molar-refractivity contribution in [2.45, 2.75) is 19.4 Å². The van der Waals surface area contributed by atoms with Crippen LogP contribution in [0.2, 0.25) is 0 Å². The van der Waals surface area contributed by atoms with Gasteiger partial charge in [0.05, 0.1) is 11.8 Å². The Labute approximate surface area is 76.2 Å². The molecule has 4 heteroatoms. The fourth-order valence-corrected chi connectivity index (χ4v) is 1.06. The summed E-state index contributed by atoms with van der Waals surface area (Å²) in [4.78, 5) is 11.3. The van der Waals surface area contributed by atoms with Crippen molar-refractivity contribution in [1.82, 2.24) is 4.57 Å². The van der Waals surface area contributed by atoms with E-state index in [4.69, 9.17) is 11.0 Å². The van der Waals surface area contributed by atoms with E-state index in [9.17, 15) is 4.79 Å².